The van der Waals surface area contributed by atoms with Crippen molar-refractivity contribution in [3.05, 3.63) is 12.4 Å². The summed E-state index contributed by atoms with van der Waals surface area (Å²) in [6.45, 7) is 6.13. The predicted molar refractivity (Wildman–Crippen MR) is 84.7 cm³/mol. The molecule has 8 nitrogen and oxygen atoms in total. The quantitative estimate of drug-likeness (QED) is 0.740. The van der Waals surface area contributed by atoms with Crippen molar-refractivity contribution in [2.45, 2.75) is 25.0 Å². The number of carbonyl (C=O) groups excluding carboxylic acids is 1. The Bertz CT molecular complexity index is 514. The Balaban J connectivity index is 1.42. The summed E-state index contributed by atoms with van der Waals surface area (Å²) in [5.41, 5.74) is -0.773. The van der Waals surface area contributed by atoms with Gasteiger partial charge >= 0.3 is 0 Å². The number of likely N-dealkylation sites (N-methyl/N-ethyl adjacent to an activating group) is 1. The van der Waals surface area contributed by atoms with E-state index in [0.29, 0.717) is 32.5 Å². The highest BCUT2D eigenvalue weighted by molar-refractivity contribution is 5.76. The zero-order valence-electron chi connectivity index (χ0n) is 13.8. The molecule has 0 radical (unpaired) electrons. The second-order valence-corrected chi connectivity index (χ2v) is 6.79. The van der Waals surface area contributed by atoms with Crippen molar-refractivity contribution in [2.75, 3.05) is 52.9 Å². The molecule has 3 rings (SSSR count). The Morgan fingerprint density at radius 1 is 1.26 bits per heavy atom. The number of likely N-dealkylation sites (tertiary alicyclic amines) is 1. The van der Waals surface area contributed by atoms with Crippen molar-refractivity contribution in [1.82, 2.24) is 29.7 Å². The maximum absolute atomic E-state index is 12.3. The first-order valence-electron chi connectivity index (χ1n) is 8.29. The Morgan fingerprint density at radius 3 is 2.74 bits per heavy atom. The van der Waals surface area contributed by atoms with E-state index in [1.165, 1.54) is 0 Å². The van der Waals surface area contributed by atoms with E-state index in [4.69, 9.17) is 0 Å². The van der Waals surface area contributed by atoms with Crippen LogP contribution in [0.2, 0.25) is 0 Å². The molecule has 2 aliphatic heterocycles. The fourth-order valence-corrected chi connectivity index (χ4v) is 3.35. The lowest BCUT2D eigenvalue weighted by Crippen LogP contribution is -2.47. The lowest BCUT2D eigenvalue weighted by Gasteiger charge is -2.33. The minimum atomic E-state index is -0.773. The third-order valence-corrected chi connectivity index (χ3v) is 4.84. The Morgan fingerprint density at radius 2 is 2.04 bits per heavy atom. The lowest BCUT2D eigenvalue weighted by molar-refractivity contribution is -0.133. The van der Waals surface area contributed by atoms with Crippen LogP contribution in [0.1, 0.15) is 12.8 Å². The molecule has 0 aromatic carbocycles. The molecule has 0 spiro atoms. The fourth-order valence-electron chi connectivity index (χ4n) is 3.35. The maximum Gasteiger partial charge on any atom is 0.223 e. The average molecular weight is 322 g/mol. The van der Waals surface area contributed by atoms with Gasteiger partial charge in [-0.2, -0.15) is 0 Å². The number of carbonyl (C=O) groups is 1. The molecule has 0 saturated carbocycles. The Labute approximate surface area is 136 Å². The molecule has 2 aliphatic rings. The summed E-state index contributed by atoms with van der Waals surface area (Å²) < 4.78 is 1.67. The van der Waals surface area contributed by atoms with Gasteiger partial charge in [0.2, 0.25) is 5.91 Å². The fraction of sp³-hybridized carbons (Fsp3) is 0.800. The third kappa shape index (κ3) is 4.27. The summed E-state index contributed by atoms with van der Waals surface area (Å²) in [6.07, 6.45) is 4.61. The van der Waals surface area contributed by atoms with Gasteiger partial charge in [0.1, 0.15) is 0 Å². The van der Waals surface area contributed by atoms with Crippen molar-refractivity contribution < 1.29 is 9.90 Å². The number of amides is 1. The first-order chi connectivity index (χ1) is 11.0. The molecule has 0 aliphatic carbocycles. The zero-order chi connectivity index (χ0) is 16.3. The number of piperazine rings is 1. The molecule has 1 N–H and O–H groups in total. The smallest absolute Gasteiger partial charge is 0.223 e. The SMILES string of the molecule is CN1CCN(C(=O)CCN2CCC(O)(Cn3ccnn3)C2)CC1. The first kappa shape index (κ1) is 16.4. The number of hydrogen-bond donors (Lipinski definition) is 1. The molecule has 8 heteroatoms. The van der Waals surface area contributed by atoms with E-state index in [-0.39, 0.29) is 5.91 Å². The predicted octanol–water partition coefficient (Wildman–Crippen LogP) is -1.12. The molecule has 0 bridgehead atoms. The van der Waals surface area contributed by atoms with Crippen LogP contribution in [0, 0.1) is 0 Å². The summed E-state index contributed by atoms with van der Waals surface area (Å²) in [5.74, 6) is 0.227. The minimum Gasteiger partial charge on any atom is -0.387 e. The lowest BCUT2D eigenvalue weighted by atomic mass is 10.0. The van der Waals surface area contributed by atoms with Gasteiger partial charge in [-0.05, 0) is 13.5 Å². The van der Waals surface area contributed by atoms with E-state index in [2.05, 4.69) is 27.2 Å². The number of aliphatic hydroxyl groups is 1. The van der Waals surface area contributed by atoms with Crippen molar-refractivity contribution in [2.24, 2.45) is 0 Å². The molecule has 2 saturated heterocycles. The van der Waals surface area contributed by atoms with Gasteiger partial charge < -0.3 is 14.9 Å². The van der Waals surface area contributed by atoms with Crippen molar-refractivity contribution in [3.63, 3.8) is 0 Å². The van der Waals surface area contributed by atoms with Crippen LogP contribution in [0.3, 0.4) is 0 Å². The Kier molecular flexibility index (Phi) is 4.93. The Hall–Kier alpha value is -1.51. The van der Waals surface area contributed by atoms with Gasteiger partial charge in [0.25, 0.3) is 0 Å². The van der Waals surface area contributed by atoms with E-state index in [1.54, 1.807) is 17.1 Å². The number of rotatable bonds is 5. The van der Waals surface area contributed by atoms with Crippen LogP contribution in [0.5, 0.6) is 0 Å². The molecule has 128 valence electrons. The van der Waals surface area contributed by atoms with Crippen molar-refractivity contribution >= 4 is 5.91 Å². The van der Waals surface area contributed by atoms with Gasteiger partial charge in [0.15, 0.2) is 0 Å². The topological polar surface area (TPSA) is 77.7 Å². The largest absolute Gasteiger partial charge is 0.387 e. The molecule has 1 aromatic rings. The standard InChI is InChI=1S/C15H26N6O2/c1-18-8-10-20(11-9-18)14(22)2-5-19-6-3-15(23,12-19)13-21-7-4-16-17-21/h4,7,23H,2-3,5-6,8-13H2,1H3. The van der Waals surface area contributed by atoms with Crippen LogP contribution in [-0.2, 0) is 11.3 Å². The van der Waals surface area contributed by atoms with E-state index < -0.39 is 5.60 Å². The molecular formula is C15H26N6O2. The molecule has 23 heavy (non-hydrogen) atoms. The average Bonchev–Trinajstić information content (AvgIpc) is 3.16. The van der Waals surface area contributed by atoms with Crippen molar-refractivity contribution in [1.29, 1.82) is 0 Å². The monoisotopic (exact) mass is 322 g/mol. The van der Waals surface area contributed by atoms with Gasteiger partial charge in [-0.1, -0.05) is 5.21 Å². The number of hydrogen-bond acceptors (Lipinski definition) is 6. The highest BCUT2D eigenvalue weighted by Gasteiger charge is 2.36. The van der Waals surface area contributed by atoms with Crippen LogP contribution in [0.25, 0.3) is 0 Å². The third-order valence-electron chi connectivity index (χ3n) is 4.84. The van der Waals surface area contributed by atoms with Crippen LogP contribution in [0.4, 0.5) is 0 Å². The van der Waals surface area contributed by atoms with Gasteiger partial charge in [0.05, 0.1) is 18.3 Å². The normalized spacial score (nSPS) is 26.8. The zero-order valence-corrected chi connectivity index (χ0v) is 13.8. The van der Waals surface area contributed by atoms with Crippen LogP contribution in [-0.4, -0.2) is 99.2 Å². The number of β-amino-alcohol motifs (C(OH)–C–C–N with tert-alkyl or cyclic N) is 1. The second-order valence-electron chi connectivity index (χ2n) is 6.79. The highest BCUT2D eigenvalue weighted by atomic mass is 16.3. The molecular weight excluding hydrogens is 296 g/mol. The summed E-state index contributed by atoms with van der Waals surface area (Å²) in [5, 5.41) is 18.3. The van der Waals surface area contributed by atoms with Gasteiger partial charge in [-0.3, -0.25) is 9.69 Å². The maximum atomic E-state index is 12.3. The molecule has 2 fully saturated rings. The second kappa shape index (κ2) is 6.94. The van der Waals surface area contributed by atoms with Crippen molar-refractivity contribution in [3.8, 4) is 0 Å². The number of nitrogens with zero attached hydrogens (tertiary/aromatic N) is 6. The summed E-state index contributed by atoms with van der Waals surface area (Å²) >= 11 is 0. The van der Waals surface area contributed by atoms with Crippen LogP contribution < -0.4 is 0 Å². The van der Waals surface area contributed by atoms with E-state index in [0.717, 1.165) is 32.7 Å². The summed E-state index contributed by atoms with van der Waals surface area (Å²) in [7, 11) is 2.09. The van der Waals surface area contributed by atoms with E-state index in [9.17, 15) is 9.90 Å². The summed E-state index contributed by atoms with van der Waals surface area (Å²) in [4.78, 5) is 18.6. The first-order valence-corrected chi connectivity index (χ1v) is 8.29. The number of aromatic nitrogens is 3. The molecule has 3 heterocycles. The minimum absolute atomic E-state index is 0.227. The van der Waals surface area contributed by atoms with E-state index in [1.807, 2.05) is 4.90 Å². The van der Waals surface area contributed by atoms with Crippen LogP contribution in [0.15, 0.2) is 12.4 Å². The molecule has 1 aromatic heterocycles. The van der Waals surface area contributed by atoms with Gasteiger partial charge in [-0.25, -0.2) is 4.68 Å². The van der Waals surface area contributed by atoms with E-state index >= 15 is 0 Å². The molecule has 1 amide bonds. The van der Waals surface area contributed by atoms with Gasteiger partial charge in [-0.15, -0.1) is 5.10 Å². The van der Waals surface area contributed by atoms with Crippen LogP contribution >= 0.6 is 0 Å². The molecule has 1 atom stereocenters. The molecule has 1 unspecified atom stereocenters. The summed E-state index contributed by atoms with van der Waals surface area (Å²) in [6, 6.07) is 0. The van der Waals surface area contributed by atoms with Gasteiger partial charge in [0, 0.05) is 58.4 Å². The highest BCUT2D eigenvalue weighted by Crippen LogP contribution is 2.23.